The molecule has 7 heteroatoms. The summed E-state index contributed by atoms with van der Waals surface area (Å²) in [5.74, 6) is -1.10. The summed E-state index contributed by atoms with van der Waals surface area (Å²) in [6.45, 7) is 0.334. The van der Waals surface area contributed by atoms with E-state index in [0.29, 0.717) is 6.54 Å². The molecule has 0 aliphatic carbocycles. The van der Waals surface area contributed by atoms with Crippen LogP contribution >= 0.6 is 0 Å². The maximum absolute atomic E-state index is 12.3. The number of pyridine rings is 1. The van der Waals surface area contributed by atoms with Crippen molar-refractivity contribution >= 4 is 12.0 Å². The van der Waals surface area contributed by atoms with Gasteiger partial charge in [0.05, 0.1) is 18.3 Å². The number of aliphatic hydroxyl groups is 1. The fraction of sp³-hybridized carbons (Fsp3) is 0.462. The summed E-state index contributed by atoms with van der Waals surface area (Å²) in [6, 6.07) is 4.00. The molecule has 2 unspecified atom stereocenters. The highest BCUT2D eigenvalue weighted by Gasteiger charge is 2.40. The van der Waals surface area contributed by atoms with Crippen LogP contribution in [0.15, 0.2) is 24.4 Å². The van der Waals surface area contributed by atoms with Gasteiger partial charge in [-0.05, 0) is 12.1 Å². The molecule has 108 valence electrons. The number of carbonyl (C=O) groups is 2. The smallest absolute Gasteiger partial charge is 0.326 e. The number of carboxylic acids is 1. The van der Waals surface area contributed by atoms with Gasteiger partial charge in [-0.25, -0.2) is 9.59 Å². The van der Waals surface area contributed by atoms with Gasteiger partial charge in [0.25, 0.3) is 0 Å². The second-order valence-corrected chi connectivity index (χ2v) is 4.86. The summed E-state index contributed by atoms with van der Waals surface area (Å²) in [5.41, 5.74) is 0.718. The van der Waals surface area contributed by atoms with E-state index in [4.69, 9.17) is 5.11 Å². The van der Waals surface area contributed by atoms with E-state index in [0.717, 1.165) is 5.69 Å². The predicted octanol–water partition coefficient (Wildman–Crippen LogP) is 0.153. The summed E-state index contributed by atoms with van der Waals surface area (Å²) < 4.78 is 0. The molecule has 2 heterocycles. The van der Waals surface area contributed by atoms with Crippen LogP contribution in [0.4, 0.5) is 4.79 Å². The molecule has 2 rings (SSSR count). The Kier molecular flexibility index (Phi) is 4.19. The molecule has 1 aliphatic rings. The van der Waals surface area contributed by atoms with E-state index in [9.17, 15) is 14.7 Å². The van der Waals surface area contributed by atoms with Crippen LogP contribution < -0.4 is 0 Å². The van der Waals surface area contributed by atoms with Gasteiger partial charge in [0.2, 0.25) is 0 Å². The third-order valence-electron chi connectivity index (χ3n) is 3.26. The number of β-amino-alcohol motifs (C(OH)–C–C–N with tert-alkyl or cyclic N) is 1. The van der Waals surface area contributed by atoms with Crippen molar-refractivity contribution in [2.24, 2.45) is 0 Å². The van der Waals surface area contributed by atoms with Gasteiger partial charge in [-0.1, -0.05) is 6.07 Å². The zero-order chi connectivity index (χ0) is 14.7. The molecule has 1 fully saturated rings. The molecule has 2 atom stereocenters. The first-order valence-electron chi connectivity index (χ1n) is 6.31. The second-order valence-electron chi connectivity index (χ2n) is 4.86. The van der Waals surface area contributed by atoms with E-state index in [-0.39, 0.29) is 13.0 Å². The lowest BCUT2D eigenvalue weighted by Gasteiger charge is -2.27. The molecule has 0 bridgehead atoms. The lowest BCUT2D eigenvalue weighted by molar-refractivity contribution is -0.141. The average molecular weight is 279 g/mol. The minimum absolute atomic E-state index is 0.0440. The number of urea groups is 1. The molecular weight excluding hydrogens is 262 g/mol. The molecule has 2 amide bonds. The first kappa shape index (κ1) is 14.3. The Balaban J connectivity index is 2.04. The van der Waals surface area contributed by atoms with Crippen LogP contribution in [0.2, 0.25) is 0 Å². The minimum Gasteiger partial charge on any atom is -0.480 e. The van der Waals surface area contributed by atoms with Gasteiger partial charge in [0.1, 0.15) is 6.04 Å². The first-order chi connectivity index (χ1) is 9.49. The maximum Gasteiger partial charge on any atom is 0.326 e. The van der Waals surface area contributed by atoms with Gasteiger partial charge in [-0.3, -0.25) is 4.98 Å². The molecule has 0 radical (unpaired) electrons. The Labute approximate surface area is 116 Å². The Morgan fingerprint density at radius 2 is 2.25 bits per heavy atom. The van der Waals surface area contributed by atoms with Crippen molar-refractivity contribution in [3.8, 4) is 0 Å². The van der Waals surface area contributed by atoms with Crippen LogP contribution in [0.1, 0.15) is 12.1 Å². The first-order valence-corrected chi connectivity index (χ1v) is 6.31. The summed E-state index contributed by atoms with van der Waals surface area (Å²) in [7, 11) is 1.58. The lowest BCUT2D eigenvalue weighted by Crippen LogP contribution is -2.46. The highest BCUT2D eigenvalue weighted by atomic mass is 16.4. The Morgan fingerprint density at radius 1 is 1.50 bits per heavy atom. The number of carboxylic acid groups (broad SMARTS) is 1. The third-order valence-corrected chi connectivity index (χ3v) is 3.26. The molecule has 0 spiro atoms. The highest BCUT2D eigenvalue weighted by molar-refractivity contribution is 5.83. The number of aromatic nitrogens is 1. The number of amides is 2. The molecule has 2 N–H and O–H groups in total. The van der Waals surface area contributed by atoms with Crippen molar-refractivity contribution < 1.29 is 19.8 Å². The summed E-state index contributed by atoms with van der Waals surface area (Å²) >= 11 is 0. The van der Waals surface area contributed by atoms with Gasteiger partial charge in [0, 0.05) is 26.2 Å². The van der Waals surface area contributed by atoms with Crippen molar-refractivity contribution in [1.29, 1.82) is 0 Å². The molecule has 7 nitrogen and oxygen atoms in total. The number of nitrogens with zero attached hydrogens (tertiary/aromatic N) is 3. The number of likely N-dealkylation sites (tertiary alicyclic amines) is 1. The zero-order valence-electron chi connectivity index (χ0n) is 11.1. The normalized spacial score (nSPS) is 21.8. The van der Waals surface area contributed by atoms with Gasteiger partial charge in [-0.15, -0.1) is 0 Å². The van der Waals surface area contributed by atoms with Crippen molar-refractivity contribution in [3.05, 3.63) is 30.1 Å². The molecule has 0 saturated carbocycles. The number of carbonyl (C=O) groups excluding carboxylic acids is 1. The predicted molar refractivity (Wildman–Crippen MR) is 69.9 cm³/mol. The molecule has 20 heavy (non-hydrogen) atoms. The van der Waals surface area contributed by atoms with Crippen molar-refractivity contribution in [2.75, 3.05) is 13.6 Å². The van der Waals surface area contributed by atoms with Crippen LogP contribution in [0.5, 0.6) is 0 Å². The lowest BCUT2D eigenvalue weighted by atomic mass is 10.2. The number of hydrogen-bond acceptors (Lipinski definition) is 4. The zero-order valence-corrected chi connectivity index (χ0v) is 11.1. The van der Waals surface area contributed by atoms with Crippen molar-refractivity contribution in [2.45, 2.75) is 25.1 Å². The summed E-state index contributed by atoms with van der Waals surface area (Å²) in [5, 5.41) is 18.6. The van der Waals surface area contributed by atoms with Gasteiger partial charge < -0.3 is 20.0 Å². The van der Waals surface area contributed by atoms with Gasteiger partial charge >= 0.3 is 12.0 Å². The summed E-state index contributed by atoms with van der Waals surface area (Å²) in [6.07, 6.45) is 0.912. The molecular formula is C13H17N3O4. The summed E-state index contributed by atoms with van der Waals surface area (Å²) in [4.78, 5) is 30.1. The van der Waals surface area contributed by atoms with E-state index in [1.807, 2.05) is 6.07 Å². The quantitative estimate of drug-likeness (QED) is 0.821. The third kappa shape index (κ3) is 3.05. The van der Waals surface area contributed by atoms with E-state index < -0.39 is 24.1 Å². The maximum atomic E-state index is 12.3. The Bertz CT molecular complexity index is 494. The topological polar surface area (TPSA) is 94.0 Å². The van der Waals surface area contributed by atoms with Crippen molar-refractivity contribution in [1.82, 2.24) is 14.8 Å². The molecule has 1 aromatic heterocycles. The molecule has 1 aliphatic heterocycles. The number of rotatable bonds is 3. The molecule has 1 saturated heterocycles. The number of hydrogen-bond donors (Lipinski definition) is 2. The Morgan fingerprint density at radius 3 is 2.85 bits per heavy atom. The average Bonchev–Trinajstić information content (AvgIpc) is 2.81. The standard InChI is InChI=1S/C13H17N3O4/c1-15(7-9-4-2-3-5-14-9)13(20)16-8-10(17)6-11(16)12(18)19/h2-5,10-11,17H,6-8H2,1H3,(H,18,19). The fourth-order valence-electron chi connectivity index (χ4n) is 2.28. The SMILES string of the molecule is CN(Cc1ccccn1)C(=O)N1CC(O)CC1C(=O)O. The fourth-order valence-corrected chi connectivity index (χ4v) is 2.28. The van der Waals surface area contributed by atoms with E-state index in [1.54, 1.807) is 25.4 Å². The van der Waals surface area contributed by atoms with Crippen LogP contribution in [-0.2, 0) is 11.3 Å². The number of aliphatic carboxylic acids is 1. The minimum atomic E-state index is -1.10. The van der Waals surface area contributed by atoms with Crippen LogP contribution in [0.25, 0.3) is 0 Å². The van der Waals surface area contributed by atoms with Gasteiger partial charge in [0.15, 0.2) is 0 Å². The second kappa shape index (κ2) is 5.87. The largest absolute Gasteiger partial charge is 0.480 e. The molecule has 0 aromatic carbocycles. The van der Waals surface area contributed by atoms with E-state index >= 15 is 0 Å². The number of aliphatic hydroxyl groups excluding tert-OH is 1. The molecule has 1 aromatic rings. The van der Waals surface area contributed by atoms with E-state index in [1.165, 1.54) is 9.80 Å². The Hall–Kier alpha value is -2.15. The van der Waals surface area contributed by atoms with Crippen LogP contribution in [-0.4, -0.2) is 62.7 Å². The van der Waals surface area contributed by atoms with Crippen LogP contribution in [0, 0.1) is 0 Å². The monoisotopic (exact) mass is 279 g/mol. The van der Waals surface area contributed by atoms with E-state index in [2.05, 4.69) is 4.98 Å². The van der Waals surface area contributed by atoms with Crippen molar-refractivity contribution in [3.63, 3.8) is 0 Å². The van der Waals surface area contributed by atoms with Crippen LogP contribution in [0.3, 0.4) is 0 Å². The van der Waals surface area contributed by atoms with Gasteiger partial charge in [-0.2, -0.15) is 0 Å². The highest BCUT2D eigenvalue weighted by Crippen LogP contribution is 2.20.